The van der Waals surface area contributed by atoms with Crippen LogP contribution >= 0.6 is 12.2 Å². The molecule has 0 saturated carbocycles. The van der Waals surface area contributed by atoms with Crippen LogP contribution in [0.3, 0.4) is 0 Å². The highest BCUT2D eigenvalue weighted by Gasteiger charge is 2.17. The molecule has 0 saturated heterocycles. The second kappa shape index (κ2) is 5.48. The minimum atomic E-state index is -3.40. The highest BCUT2D eigenvalue weighted by molar-refractivity contribution is 7.87. The van der Waals surface area contributed by atoms with Gasteiger partial charge in [0.1, 0.15) is 0 Å². The van der Waals surface area contributed by atoms with Gasteiger partial charge in [0.15, 0.2) is 0 Å². The molecule has 78 valence electrons. The molecule has 0 amide bonds. The molecule has 0 bridgehead atoms. The van der Waals surface area contributed by atoms with E-state index in [0.717, 1.165) is 0 Å². The van der Waals surface area contributed by atoms with E-state index in [0.29, 0.717) is 13.1 Å². The second-order valence-electron chi connectivity index (χ2n) is 2.38. The molecule has 0 unspecified atom stereocenters. The van der Waals surface area contributed by atoms with Crippen molar-refractivity contribution in [2.24, 2.45) is 5.73 Å². The lowest BCUT2D eigenvalue weighted by Gasteiger charge is -2.18. The van der Waals surface area contributed by atoms with Gasteiger partial charge in [-0.25, -0.2) is 0 Å². The summed E-state index contributed by atoms with van der Waals surface area (Å²) < 4.78 is 26.4. The van der Waals surface area contributed by atoms with E-state index >= 15 is 0 Å². The Bertz CT molecular complexity index is 259. The third kappa shape index (κ3) is 4.51. The number of nitrogens with one attached hydrogen (secondary N) is 1. The van der Waals surface area contributed by atoms with Crippen molar-refractivity contribution in [3.63, 3.8) is 0 Å². The molecule has 7 heteroatoms. The molecule has 0 heterocycles. The number of hydrogen-bond acceptors (Lipinski definition) is 3. The zero-order chi connectivity index (χ0) is 10.5. The number of nitrogens with two attached hydrogens (primary N) is 1. The lowest BCUT2D eigenvalue weighted by Crippen LogP contribution is -2.43. The Labute approximate surface area is 84.5 Å². The van der Waals surface area contributed by atoms with E-state index in [4.69, 9.17) is 5.73 Å². The molecule has 0 radical (unpaired) electrons. The Morgan fingerprint density at radius 3 is 2.23 bits per heavy atom. The van der Waals surface area contributed by atoms with E-state index in [1.165, 1.54) is 4.31 Å². The molecule has 0 fully saturated rings. The summed E-state index contributed by atoms with van der Waals surface area (Å²) >= 11 is 4.55. The first-order valence-electron chi connectivity index (χ1n) is 3.97. The van der Waals surface area contributed by atoms with Crippen LogP contribution in [0.5, 0.6) is 0 Å². The predicted octanol–water partition coefficient (Wildman–Crippen LogP) is -0.551. The van der Waals surface area contributed by atoms with Crippen LogP contribution in [0.2, 0.25) is 0 Å². The molecule has 0 aromatic rings. The van der Waals surface area contributed by atoms with Crippen molar-refractivity contribution in [2.45, 2.75) is 13.8 Å². The first-order chi connectivity index (χ1) is 5.94. The smallest absolute Gasteiger partial charge is 0.279 e. The molecule has 0 aliphatic rings. The van der Waals surface area contributed by atoms with Gasteiger partial charge >= 0.3 is 0 Å². The summed E-state index contributed by atoms with van der Waals surface area (Å²) in [7, 11) is -3.40. The summed E-state index contributed by atoms with van der Waals surface area (Å²) in [5, 5.41) is 0. The molecule has 0 aliphatic carbocycles. The number of thiocarbonyl (C=S) groups is 1. The van der Waals surface area contributed by atoms with Gasteiger partial charge in [-0.1, -0.05) is 26.1 Å². The van der Waals surface area contributed by atoms with Crippen molar-refractivity contribution in [1.82, 2.24) is 9.03 Å². The van der Waals surface area contributed by atoms with Crippen LogP contribution in [0.1, 0.15) is 13.8 Å². The fourth-order valence-corrected chi connectivity index (χ4v) is 2.18. The van der Waals surface area contributed by atoms with Crippen LogP contribution < -0.4 is 10.5 Å². The van der Waals surface area contributed by atoms with Crippen molar-refractivity contribution in [2.75, 3.05) is 19.6 Å². The lowest BCUT2D eigenvalue weighted by atomic mass is 10.7. The molecule has 0 atom stereocenters. The van der Waals surface area contributed by atoms with Crippen molar-refractivity contribution in [3.8, 4) is 0 Å². The Kier molecular flexibility index (Phi) is 5.38. The van der Waals surface area contributed by atoms with Gasteiger partial charge in [0.25, 0.3) is 10.2 Å². The normalized spacial score (nSPS) is 11.9. The zero-order valence-electron chi connectivity index (χ0n) is 7.78. The van der Waals surface area contributed by atoms with Gasteiger partial charge in [0.2, 0.25) is 0 Å². The van der Waals surface area contributed by atoms with Gasteiger partial charge in [0.05, 0.1) is 11.5 Å². The van der Waals surface area contributed by atoms with E-state index in [1.807, 2.05) is 0 Å². The number of nitrogens with zero attached hydrogens (tertiary/aromatic N) is 1. The van der Waals surface area contributed by atoms with E-state index < -0.39 is 10.2 Å². The molecule has 0 spiro atoms. The van der Waals surface area contributed by atoms with E-state index in [9.17, 15) is 8.42 Å². The molecule has 0 aromatic carbocycles. The van der Waals surface area contributed by atoms with Crippen LogP contribution in [0.15, 0.2) is 0 Å². The summed E-state index contributed by atoms with van der Waals surface area (Å²) in [6.07, 6.45) is 0. The maximum Gasteiger partial charge on any atom is 0.279 e. The molecule has 5 nitrogen and oxygen atoms in total. The minimum absolute atomic E-state index is 0.00810. The zero-order valence-corrected chi connectivity index (χ0v) is 9.41. The quantitative estimate of drug-likeness (QED) is 0.595. The minimum Gasteiger partial charge on any atom is -0.392 e. The molecule has 3 N–H and O–H groups in total. The summed E-state index contributed by atoms with van der Waals surface area (Å²) in [6, 6.07) is 0. The fraction of sp³-hybridized carbons (Fsp3) is 0.833. The highest BCUT2D eigenvalue weighted by atomic mass is 32.2. The van der Waals surface area contributed by atoms with E-state index in [1.54, 1.807) is 13.8 Å². The second-order valence-corrected chi connectivity index (χ2v) is 4.66. The molecular weight excluding hydrogens is 210 g/mol. The first kappa shape index (κ1) is 12.8. The number of rotatable bonds is 6. The van der Waals surface area contributed by atoms with Crippen LogP contribution in [0.25, 0.3) is 0 Å². The Morgan fingerprint density at radius 2 is 1.92 bits per heavy atom. The van der Waals surface area contributed by atoms with Crippen LogP contribution in [-0.4, -0.2) is 37.3 Å². The van der Waals surface area contributed by atoms with Crippen LogP contribution in [0.4, 0.5) is 0 Å². The van der Waals surface area contributed by atoms with Crippen molar-refractivity contribution in [1.29, 1.82) is 0 Å². The van der Waals surface area contributed by atoms with Gasteiger partial charge < -0.3 is 5.73 Å². The topological polar surface area (TPSA) is 75.4 Å². The SMILES string of the molecule is CCN(CC)S(=O)(=O)NCC(N)=S. The Morgan fingerprint density at radius 1 is 1.46 bits per heavy atom. The van der Waals surface area contributed by atoms with Crippen LogP contribution in [-0.2, 0) is 10.2 Å². The average Bonchev–Trinajstić information content (AvgIpc) is 2.03. The summed E-state index contributed by atoms with van der Waals surface area (Å²) in [6.45, 7) is 4.41. The highest BCUT2D eigenvalue weighted by Crippen LogP contribution is 1.95. The summed E-state index contributed by atoms with van der Waals surface area (Å²) in [5.41, 5.74) is 5.17. The molecule has 0 rings (SSSR count). The van der Waals surface area contributed by atoms with Crippen molar-refractivity contribution in [3.05, 3.63) is 0 Å². The van der Waals surface area contributed by atoms with Crippen molar-refractivity contribution >= 4 is 27.4 Å². The van der Waals surface area contributed by atoms with Gasteiger partial charge in [-0.3, -0.25) is 0 Å². The molecule has 0 aromatic heterocycles. The average molecular weight is 225 g/mol. The Balaban J connectivity index is 4.30. The molecule has 0 aliphatic heterocycles. The fourth-order valence-electron chi connectivity index (χ4n) is 0.817. The van der Waals surface area contributed by atoms with Gasteiger partial charge in [-0.05, 0) is 0 Å². The summed E-state index contributed by atoms with van der Waals surface area (Å²) in [5.74, 6) is 0. The van der Waals surface area contributed by atoms with Gasteiger partial charge in [-0.2, -0.15) is 17.4 Å². The van der Waals surface area contributed by atoms with Gasteiger partial charge in [0, 0.05) is 13.1 Å². The molecular formula is C6H15N3O2S2. The monoisotopic (exact) mass is 225 g/mol. The molecule has 13 heavy (non-hydrogen) atoms. The summed E-state index contributed by atoms with van der Waals surface area (Å²) in [4.78, 5) is 0.135. The van der Waals surface area contributed by atoms with Crippen molar-refractivity contribution < 1.29 is 8.42 Å². The third-order valence-corrected chi connectivity index (χ3v) is 3.32. The first-order valence-corrected chi connectivity index (χ1v) is 5.81. The maximum atomic E-state index is 11.4. The van der Waals surface area contributed by atoms with E-state index in [2.05, 4.69) is 16.9 Å². The third-order valence-electron chi connectivity index (χ3n) is 1.47. The predicted molar refractivity (Wildman–Crippen MR) is 56.6 cm³/mol. The largest absolute Gasteiger partial charge is 0.392 e. The number of hydrogen-bond donors (Lipinski definition) is 2. The maximum absolute atomic E-state index is 11.4. The van der Waals surface area contributed by atoms with Crippen LogP contribution in [0, 0.1) is 0 Å². The lowest BCUT2D eigenvalue weighted by molar-refractivity contribution is 0.437. The van der Waals surface area contributed by atoms with Gasteiger partial charge in [-0.15, -0.1) is 0 Å². The standard InChI is InChI=1S/C6H15N3O2S2/c1-3-9(4-2)13(10,11)8-5-6(7)12/h8H,3-5H2,1-2H3,(H2,7,12). The van der Waals surface area contributed by atoms with E-state index in [-0.39, 0.29) is 11.5 Å². The Hall–Kier alpha value is -0.240.